The first-order chi connectivity index (χ1) is 8.70. The second-order valence-corrected chi connectivity index (χ2v) is 5.03. The molecule has 0 saturated carbocycles. The van der Waals surface area contributed by atoms with Crippen LogP contribution >= 0.6 is 27.5 Å². The third-order valence-electron chi connectivity index (χ3n) is 2.54. The molecule has 0 saturated heterocycles. The van der Waals surface area contributed by atoms with E-state index < -0.39 is 0 Å². The number of benzene rings is 1. The molecule has 1 aromatic carbocycles. The fourth-order valence-electron chi connectivity index (χ4n) is 1.55. The summed E-state index contributed by atoms with van der Waals surface area (Å²) in [4.78, 5) is 0. The Labute approximate surface area is 119 Å². The molecule has 2 aromatic rings. The van der Waals surface area contributed by atoms with E-state index in [-0.39, 0.29) is 6.04 Å². The lowest BCUT2D eigenvalue weighted by molar-refractivity contribution is 0.253. The topological polar surface area (TPSA) is 34.4 Å². The first-order valence-corrected chi connectivity index (χ1v) is 6.66. The van der Waals surface area contributed by atoms with Gasteiger partial charge in [0, 0.05) is 5.02 Å². The Morgan fingerprint density at radius 3 is 2.61 bits per heavy atom. The Bertz CT molecular complexity index is 498. The van der Waals surface area contributed by atoms with E-state index in [1.54, 1.807) is 18.4 Å². The maximum atomic E-state index is 5.81. The van der Waals surface area contributed by atoms with Crippen LogP contribution < -0.4 is 10.1 Å². The quantitative estimate of drug-likeness (QED) is 0.898. The molecule has 0 aliphatic rings. The van der Waals surface area contributed by atoms with Gasteiger partial charge in [-0.05, 0) is 53.3 Å². The molecule has 96 valence electrons. The minimum absolute atomic E-state index is 0.00921. The number of hydrogen-bond donors (Lipinski definition) is 1. The highest BCUT2D eigenvalue weighted by Gasteiger charge is 2.16. The van der Waals surface area contributed by atoms with Crippen molar-refractivity contribution < 1.29 is 9.15 Å². The van der Waals surface area contributed by atoms with E-state index in [1.165, 1.54) is 0 Å². The molecule has 1 unspecified atom stereocenters. The molecule has 0 spiro atoms. The molecular weight excluding hydrogens is 318 g/mol. The van der Waals surface area contributed by atoms with Crippen molar-refractivity contribution in [3.05, 3.63) is 51.9 Å². The number of likely N-dealkylation sites (N-methyl/N-ethyl adjacent to an activating group) is 1. The van der Waals surface area contributed by atoms with Crippen molar-refractivity contribution in [1.82, 2.24) is 5.32 Å². The van der Waals surface area contributed by atoms with E-state index in [1.807, 2.05) is 25.2 Å². The number of hydrogen-bond acceptors (Lipinski definition) is 3. The van der Waals surface area contributed by atoms with Gasteiger partial charge in [-0.15, -0.1) is 0 Å². The predicted octanol–water partition coefficient (Wildman–Crippen LogP) is 4.04. The van der Waals surface area contributed by atoms with Crippen molar-refractivity contribution in [2.24, 2.45) is 0 Å². The first kappa shape index (κ1) is 13.5. The van der Waals surface area contributed by atoms with Crippen LogP contribution in [-0.2, 0) is 0 Å². The lowest BCUT2D eigenvalue weighted by atomic mass is 10.2. The zero-order valence-corrected chi connectivity index (χ0v) is 12.2. The van der Waals surface area contributed by atoms with Crippen molar-refractivity contribution in [3.63, 3.8) is 0 Å². The minimum Gasteiger partial charge on any atom is -0.491 e. The van der Waals surface area contributed by atoms with Gasteiger partial charge < -0.3 is 14.5 Å². The van der Waals surface area contributed by atoms with Gasteiger partial charge in [-0.2, -0.15) is 0 Å². The van der Waals surface area contributed by atoms with Gasteiger partial charge in [0.1, 0.15) is 24.2 Å². The van der Waals surface area contributed by atoms with E-state index >= 15 is 0 Å². The number of nitrogens with one attached hydrogen (secondary N) is 1. The summed E-state index contributed by atoms with van der Waals surface area (Å²) in [7, 11) is 1.87. The van der Waals surface area contributed by atoms with Crippen LogP contribution in [-0.4, -0.2) is 13.7 Å². The molecule has 5 heteroatoms. The summed E-state index contributed by atoms with van der Waals surface area (Å²) < 4.78 is 12.0. The van der Waals surface area contributed by atoms with Crippen LogP contribution in [0.4, 0.5) is 0 Å². The standard InChI is InChI=1S/C13H13BrClNO2/c1-16-12(13-11(14)6-7-17-13)8-18-10-4-2-9(15)3-5-10/h2-7,12,16H,8H2,1H3. The second kappa shape index (κ2) is 6.27. The van der Waals surface area contributed by atoms with Gasteiger partial charge in [0.05, 0.1) is 10.7 Å². The molecule has 0 amide bonds. The summed E-state index contributed by atoms with van der Waals surface area (Å²) in [6.07, 6.45) is 1.64. The average Bonchev–Trinajstić information content (AvgIpc) is 2.79. The van der Waals surface area contributed by atoms with Gasteiger partial charge in [-0.25, -0.2) is 0 Å². The zero-order chi connectivity index (χ0) is 13.0. The smallest absolute Gasteiger partial charge is 0.138 e. The monoisotopic (exact) mass is 329 g/mol. The Hall–Kier alpha value is -0.970. The lowest BCUT2D eigenvalue weighted by Gasteiger charge is -2.15. The first-order valence-electron chi connectivity index (χ1n) is 5.49. The van der Waals surface area contributed by atoms with Crippen LogP contribution in [0.15, 0.2) is 45.5 Å². The van der Waals surface area contributed by atoms with E-state index in [0.717, 1.165) is 16.0 Å². The highest BCUT2D eigenvalue weighted by molar-refractivity contribution is 9.10. The van der Waals surface area contributed by atoms with Gasteiger partial charge in [-0.1, -0.05) is 11.6 Å². The molecule has 0 aliphatic heterocycles. The zero-order valence-electron chi connectivity index (χ0n) is 9.82. The van der Waals surface area contributed by atoms with Crippen LogP contribution in [0.1, 0.15) is 11.8 Å². The molecule has 1 aromatic heterocycles. The number of furan rings is 1. The Balaban J connectivity index is 2.00. The molecule has 1 atom stereocenters. The van der Waals surface area contributed by atoms with Crippen LogP contribution in [0, 0.1) is 0 Å². The normalized spacial score (nSPS) is 12.4. The van der Waals surface area contributed by atoms with E-state index in [2.05, 4.69) is 21.2 Å². The summed E-state index contributed by atoms with van der Waals surface area (Å²) in [6.45, 7) is 0.476. The van der Waals surface area contributed by atoms with Crippen molar-refractivity contribution in [2.75, 3.05) is 13.7 Å². The number of halogens is 2. The fourth-order valence-corrected chi connectivity index (χ4v) is 2.16. The molecule has 0 fully saturated rings. The van der Waals surface area contributed by atoms with Crippen LogP contribution in [0.3, 0.4) is 0 Å². The molecule has 1 heterocycles. The van der Waals surface area contributed by atoms with Crippen LogP contribution in [0.2, 0.25) is 5.02 Å². The SMILES string of the molecule is CNC(COc1ccc(Cl)cc1)c1occc1Br. The van der Waals surface area contributed by atoms with Crippen molar-refractivity contribution in [2.45, 2.75) is 6.04 Å². The summed E-state index contributed by atoms with van der Waals surface area (Å²) in [5, 5.41) is 3.85. The van der Waals surface area contributed by atoms with Gasteiger partial charge in [0.25, 0.3) is 0 Å². The van der Waals surface area contributed by atoms with E-state index in [0.29, 0.717) is 11.6 Å². The molecule has 2 rings (SSSR count). The van der Waals surface area contributed by atoms with E-state index in [9.17, 15) is 0 Å². The maximum absolute atomic E-state index is 5.81. The lowest BCUT2D eigenvalue weighted by Crippen LogP contribution is -2.23. The summed E-state index contributed by atoms with van der Waals surface area (Å²) >= 11 is 9.25. The number of rotatable bonds is 5. The van der Waals surface area contributed by atoms with Gasteiger partial charge in [-0.3, -0.25) is 0 Å². The third-order valence-corrected chi connectivity index (χ3v) is 3.45. The Morgan fingerprint density at radius 1 is 1.33 bits per heavy atom. The predicted molar refractivity (Wildman–Crippen MR) is 75.2 cm³/mol. The molecule has 0 radical (unpaired) electrons. The van der Waals surface area contributed by atoms with Crippen LogP contribution in [0.25, 0.3) is 0 Å². The average molecular weight is 331 g/mol. The maximum Gasteiger partial charge on any atom is 0.138 e. The molecule has 0 bridgehead atoms. The molecule has 3 nitrogen and oxygen atoms in total. The highest BCUT2D eigenvalue weighted by atomic mass is 79.9. The summed E-state index contributed by atoms with van der Waals surface area (Å²) in [5.74, 6) is 1.61. The van der Waals surface area contributed by atoms with Crippen LogP contribution in [0.5, 0.6) is 5.75 Å². The van der Waals surface area contributed by atoms with Gasteiger partial charge >= 0.3 is 0 Å². The molecular formula is C13H13BrClNO2. The van der Waals surface area contributed by atoms with Gasteiger partial charge in [0.2, 0.25) is 0 Å². The fraction of sp³-hybridized carbons (Fsp3) is 0.231. The van der Waals surface area contributed by atoms with Crippen molar-refractivity contribution >= 4 is 27.5 Å². The minimum atomic E-state index is -0.00921. The Morgan fingerprint density at radius 2 is 2.06 bits per heavy atom. The molecule has 18 heavy (non-hydrogen) atoms. The van der Waals surface area contributed by atoms with Crippen molar-refractivity contribution in [1.29, 1.82) is 0 Å². The summed E-state index contributed by atoms with van der Waals surface area (Å²) in [6, 6.07) is 9.13. The highest BCUT2D eigenvalue weighted by Crippen LogP contribution is 2.25. The largest absolute Gasteiger partial charge is 0.491 e. The number of ether oxygens (including phenoxy) is 1. The van der Waals surface area contributed by atoms with Crippen molar-refractivity contribution in [3.8, 4) is 5.75 Å². The second-order valence-electron chi connectivity index (χ2n) is 3.74. The van der Waals surface area contributed by atoms with E-state index in [4.69, 9.17) is 20.8 Å². The third kappa shape index (κ3) is 3.28. The Kier molecular flexibility index (Phi) is 4.69. The van der Waals surface area contributed by atoms with Gasteiger partial charge in [0.15, 0.2) is 0 Å². The molecule has 0 aliphatic carbocycles. The summed E-state index contributed by atoms with van der Waals surface area (Å²) in [5.41, 5.74) is 0. The molecule has 1 N–H and O–H groups in total.